The fourth-order valence-corrected chi connectivity index (χ4v) is 2.84. The van der Waals surface area contributed by atoms with Gasteiger partial charge in [-0.25, -0.2) is 4.98 Å². The third-order valence-electron chi connectivity index (χ3n) is 4.58. The molecule has 2 N–H and O–H groups in total. The summed E-state index contributed by atoms with van der Waals surface area (Å²) in [5.74, 6) is 0.752. The van der Waals surface area contributed by atoms with Gasteiger partial charge in [0.2, 0.25) is 0 Å². The van der Waals surface area contributed by atoms with Gasteiger partial charge in [-0.3, -0.25) is 9.69 Å². The van der Waals surface area contributed by atoms with E-state index < -0.39 is 0 Å². The maximum Gasteiger partial charge on any atom is 0.251 e. The number of nitrogens with zero attached hydrogens (tertiary/aromatic N) is 2. The van der Waals surface area contributed by atoms with Gasteiger partial charge in [-0.05, 0) is 44.2 Å². The second-order valence-electron chi connectivity index (χ2n) is 5.82. The van der Waals surface area contributed by atoms with Crippen molar-refractivity contribution < 1.29 is 5.11 Å². The lowest BCUT2D eigenvalue weighted by molar-refractivity contribution is 0.0373. The van der Waals surface area contributed by atoms with Crippen molar-refractivity contribution in [3.8, 4) is 0 Å². The molecule has 0 saturated carbocycles. The van der Waals surface area contributed by atoms with Gasteiger partial charge in [0, 0.05) is 18.4 Å². The molecule has 1 aromatic rings. The van der Waals surface area contributed by atoms with Crippen molar-refractivity contribution in [2.45, 2.75) is 46.1 Å². The van der Waals surface area contributed by atoms with E-state index in [0.717, 1.165) is 50.3 Å². The van der Waals surface area contributed by atoms with Crippen molar-refractivity contribution in [2.24, 2.45) is 5.41 Å². The number of rotatable bonds is 5. The standard InChI is InChI=1S/C15H25N3O2/c1-3-12-9-14(20)17-13(16-12)10-18-7-5-15(4-2,11-19)6-8-18/h9,19H,3-8,10-11H2,1-2H3,(H,16,17,20). The van der Waals surface area contributed by atoms with E-state index >= 15 is 0 Å². The molecule has 0 spiro atoms. The number of aliphatic hydroxyl groups is 1. The molecule has 20 heavy (non-hydrogen) atoms. The van der Waals surface area contributed by atoms with Crippen LogP contribution in [0.2, 0.25) is 0 Å². The van der Waals surface area contributed by atoms with Crippen LogP contribution in [0.4, 0.5) is 0 Å². The van der Waals surface area contributed by atoms with Crippen LogP contribution in [0, 0.1) is 5.41 Å². The van der Waals surface area contributed by atoms with Gasteiger partial charge >= 0.3 is 0 Å². The van der Waals surface area contributed by atoms with Crippen LogP contribution in [0.3, 0.4) is 0 Å². The first kappa shape index (κ1) is 15.2. The Kier molecular flexibility index (Phi) is 4.94. The minimum Gasteiger partial charge on any atom is -0.396 e. The lowest BCUT2D eigenvalue weighted by Gasteiger charge is -2.40. The van der Waals surface area contributed by atoms with E-state index in [-0.39, 0.29) is 17.6 Å². The van der Waals surface area contributed by atoms with E-state index in [0.29, 0.717) is 6.54 Å². The molecule has 0 amide bonds. The topological polar surface area (TPSA) is 69.2 Å². The zero-order chi connectivity index (χ0) is 14.6. The summed E-state index contributed by atoms with van der Waals surface area (Å²) in [6.07, 6.45) is 3.83. The van der Waals surface area contributed by atoms with E-state index in [1.807, 2.05) is 6.92 Å². The number of piperidine rings is 1. The summed E-state index contributed by atoms with van der Waals surface area (Å²) in [5.41, 5.74) is 0.879. The molecule has 0 aromatic carbocycles. The summed E-state index contributed by atoms with van der Waals surface area (Å²) in [5, 5.41) is 9.54. The molecule has 1 saturated heterocycles. The minimum atomic E-state index is -0.0675. The highest BCUT2D eigenvalue weighted by atomic mass is 16.3. The van der Waals surface area contributed by atoms with Crippen molar-refractivity contribution in [3.63, 3.8) is 0 Å². The highest BCUT2D eigenvalue weighted by Crippen LogP contribution is 2.34. The first-order chi connectivity index (χ1) is 9.60. The molecule has 2 rings (SSSR count). The van der Waals surface area contributed by atoms with Crippen LogP contribution < -0.4 is 5.56 Å². The van der Waals surface area contributed by atoms with Crippen LogP contribution in [0.25, 0.3) is 0 Å². The predicted octanol–water partition coefficient (Wildman–Crippen LogP) is 1.32. The van der Waals surface area contributed by atoms with Gasteiger partial charge in [-0.15, -0.1) is 0 Å². The largest absolute Gasteiger partial charge is 0.396 e. The molecule has 5 heteroatoms. The lowest BCUT2D eigenvalue weighted by Crippen LogP contribution is -2.41. The third kappa shape index (κ3) is 3.46. The maximum atomic E-state index is 11.6. The number of aryl methyl sites for hydroxylation is 1. The van der Waals surface area contributed by atoms with E-state index in [2.05, 4.69) is 21.8 Å². The number of likely N-dealkylation sites (tertiary alicyclic amines) is 1. The summed E-state index contributed by atoms with van der Waals surface area (Å²) in [7, 11) is 0. The average molecular weight is 279 g/mol. The molecule has 1 aliphatic heterocycles. The number of nitrogens with one attached hydrogen (secondary N) is 1. The predicted molar refractivity (Wildman–Crippen MR) is 78.6 cm³/mol. The Morgan fingerprint density at radius 1 is 1.40 bits per heavy atom. The summed E-state index contributed by atoms with van der Waals surface area (Å²) in [4.78, 5) is 21.2. The molecule has 1 aliphatic rings. The second-order valence-corrected chi connectivity index (χ2v) is 5.82. The Balaban J connectivity index is 1.99. The molecule has 1 aromatic heterocycles. The molecule has 0 radical (unpaired) electrons. The molecule has 112 valence electrons. The molecule has 0 atom stereocenters. The van der Waals surface area contributed by atoms with E-state index in [4.69, 9.17) is 0 Å². The zero-order valence-electron chi connectivity index (χ0n) is 12.5. The smallest absolute Gasteiger partial charge is 0.251 e. The van der Waals surface area contributed by atoms with Crippen LogP contribution in [-0.4, -0.2) is 39.7 Å². The van der Waals surface area contributed by atoms with Gasteiger partial charge in [0.05, 0.1) is 6.54 Å². The number of hydrogen-bond acceptors (Lipinski definition) is 4. The van der Waals surface area contributed by atoms with E-state index in [1.54, 1.807) is 6.07 Å². The summed E-state index contributed by atoms with van der Waals surface area (Å²) < 4.78 is 0. The zero-order valence-corrected chi connectivity index (χ0v) is 12.5. The molecule has 0 aliphatic carbocycles. The number of hydrogen-bond donors (Lipinski definition) is 2. The molecular weight excluding hydrogens is 254 g/mol. The van der Waals surface area contributed by atoms with E-state index in [1.165, 1.54) is 0 Å². The third-order valence-corrected chi connectivity index (χ3v) is 4.58. The Morgan fingerprint density at radius 3 is 2.65 bits per heavy atom. The van der Waals surface area contributed by atoms with E-state index in [9.17, 15) is 9.90 Å². The van der Waals surface area contributed by atoms with Crippen molar-refractivity contribution >= 4 is 0 Å². The maximum absolute atomic E-state index is 11.6. The molecule has 0 bridgehead atoms. The normalized spacial score (nSPS) is 19.1. The fraction of sp³-hybridized carbons (Fsp3) is 0.733. The van der Waals surface area contributed by atoms with Gasteiger partial charge < -0.3 is 10.1 Å². The number of aliphatic hydroxyl groups excluding tert-OH is 1. The fourth-order valence-electron chi connectivity index (χ4n) is 2.84. The Bertz CT molecular complexity index is 484. The first-order valence-corrected chi connectivity index (χ1v) is 7.53. The Morgan fingerprint density at radius 2 is 2.10 bits per heavy atom. The van der Waals surface area contributed by atoms with Crippen molar-refractivity contribution in [1.82, 2.24) is 14.9 Å². The molecule has 5 nitrogen and oxygen atoms in total. The van der Waals surface area contributed by atoms with Gasteiger partial charge in [-0.1, -0.05) is 13.8 Å². The van der Waals surface area contributed by atoms with Gasteiger partial charge in [0.25, 0.3) is 5.56 Å². The number of aromatic amines is 1. The Hall–Kier alpha value is -1.20. The summed E-state index contributed by atoms with van der Waals surface area (Å²) in [6, 6.07) is 1.56. The van der Waals surface area contributed by atoms with Gasteiger partial charge in [0.15, 0.2) is 0 Å². The number of H-pyrrole nitrogens is 1. The van der Waals surface area contributed by atoms with Crippen LogP contribution >= 0.6 is 0 Å². The van der Waals surface area contributed by atoms with Crippen molar-refractivity contribution in [1.29, 1.82) is 0 Å². The molecule has 2 heterocycles. The van der Waals surface area contributed by atoms with Crippen molar-refractivity contribution in [3.05, 3.63) is 27.9 Å². The highest BCUT2D eigenvalue weighted by molar-refractivity contribution is 5.02. The van der Waals surface area contributed by atoms with Gasteiger partial charge in [-0.2, -0.15) is 0 Å². The summed E-state index contributed by atoms with van der Waals surface area (Å²) in [6.45, 7) is 7.02. The quantitative estimate of drug-likeness (QED) is 0.853. The Labute approximate surface area is 120 Å². The van der Waals surface area contributed by atoms with Crippen LogP contribution in [0.5, 0.6) is 0 Å². The lowest BCUT2D eigenvalue weighted by atomic mass is 9.77. The molecule has 1 fully saturated rings. The highest BCUT2D eigenvalue weighted by Gasteiger charge is 2.32. The van der Waals surface area contributed by atoms with Gasteiger partial charge in [0.1, 0.15) is 5.82 Å². The van der Waals surface area contributed by atoms with Crippen LogP contribution in [0.15, 0.2) is 10.9 Å². The molecular formula is C15H25N3O2. The monoisotopic (exact) mass is 279 g/mol. The van der Waals surface area contributed by atoms with Crippen LogP contribution in [-0.2, 0) is 13.0 Å². The first-order valence-electron chi connectivity index (χ1n) is 7.53. The number of aromatic nitrogens is 2. The molecule has 0 unspecified atom stereocenters. The van der Waals surface area contributed by atoms with Crippen LogP contribution in [0.1, 0.15) is 44.6 Å². The summed E-state index contributed by atoms with van der Waals surface area (Å²) >= 11 is 0. The minimum absolute atomic E-state index is 0.0675. The SMILES string of the molecule is CCc1cc(=O)[nH]c(CN2CCC(CC)(CO)CC2)n1. The average Bonchev–Trinajstić information content (AvgIpc) is 2.48. The van der Waals surface area contributed by atoms with Crippen molar-refractivity contribution in [2.75, 3.05) is 19.7 Å². The second kappa shape index (κ2) is 6.50.